The number of hydrogen-bond donors (Lipinski definition) is 1. The molecule has 2 nitrogen and oxygen atoms in total. The lowest BCUT2D eigenvalue weighted by Crippen LogP contribution is -2.45. The lowest BCUT2D eigenvalue weighted by atomic mass is 10.0. The maximum Gasteiger partial charge on any atom is 0.149 e. The van der Waals surface area contributed by atoms with Gasteiger partial charge in [0, 0.05) is 36.6 Å². The molecule has 0 amide bonds. The van der Waals surface area contributed by atoms with Crippen LogP contribution in [0.4, 0.5) is 8.78 Å². The first kappa shape index (κ1) is 14.9. The van der Waals surface area contributed by atoms with Gasteiger partial charge in [0.1, 0.15) is 11.6 Å². The normalized spacial score (nSPS) is 17.9. The molecule has 1 saturated heterocycles. The topological polar surface area (TPSA) is 15.3 Å². The van der Waals surface area contributed by atoms with Crippen molar-refractivity contribution in [3.05, 3.63) is 56.7 Å². The number of thiophene rings is 1. The van der Waals surface area contributed by atoms with Crippen molar-refractivity contribution in [3.63, 3.8) is 0 Å². The lowest BCUT2D eigenvalue weighted by molar-refractivity contribution is 0.194. The third-order valence-corrected chi connectivity index (χ3v) is 4.90. The molecule has 112 valence electrons. The van der Waals surface area contributed by atoms with Crippen LogP contribution in [0.5, 0.6) is 0 Å². The van der Waals surface area contributed by atoms with Crippen molar-refractivity contribution in [1.82, 2.24) is 10.2 Å². The van der Waals surface area contributed by atoms with Crippen LogP contribution in [0.25, 0.3) is 0 Å². The summed E-state index contributed by atoms with van der Waals surface area (Å²) in [6.07, 6.45) is 0. The van der Waals surface area contributed by atoms with E-state index in [1.165, 1.54) is 23.5 Å². The summed E-state index contributed by atoms with van der Waals surface area (Å²) in [5.74, 6) is -1.21. The molecule has 1 atom stereocenters. The summed E-state index contributed by atoms with van der Waals surface area (Å²) in [6, 6.07) is 5.89. The van der Waals surface area contributed by atoms with Gasteiger partial charge in [-0.05, 0) is 23.6 Å². The Morgan fingerprint density at radius 2 is 1.95 bits per heavy atom. The van der Waals surface area contributed by atoms with Crippen LogP contribution in [0.1, 0.15) is 16.5 Å². The van der Waals surface area contributed by atoms with Crippen LogP contribution in [0.2, 0.25) is 5.02 Å². The average Bonchev–Trinajstić information content (AvgIpc) is 3.02. The van der Waals surface area contributed by atoms with Gasteiger partial charge in [-0.1, -0.05) is 17.7 Å². The SMILES string of the molecule is Fc1ccc(Cl)c(F)c1[C@@H](c1cccs1)N1CCNCC1. The Morgan fingerprint density at radius 3 is 2.62 bits per heavy atom. The molecular weight excluding hydrogens is 314 g/mol. The fourth-order valence-corrected chi connectivity index (χ4v) is 3.72. The number of hydrogen-bond acceptors (Lipinski definition) is 3. The predicted octanol–water partition coefficient (Wildman–Crippen LogP) is 3.67. The Balaban J connectivity index is 2.09. The highest BCUT2D eigenvalue weighted by atomic mass is 35.5. The molecule has 1 aliphatic rings. The molecule has 0 spiro atoms. The highest BCUT2D eigenvalue weighted by molar-refractivity contribution is 7.10. The number of piperazine rings is 1. The quantitative estimate of drug-likeness (QED) is 0.865. The summed E-state index contributed by atoms with van der Waals surface area (Å²) in [4.78, 5) is 3.03. The standard InChI is InChI=1S/C15H15ClF2N2S/c16-10-3-4-11(17)13(14(10)18)15(12-2-1-9-21-12)20-7-5-19-6-8-20/h1-4,9,15,19H,5-8H2/t15-/m1/s1. The molecular formula is C15H15ClF2N2S. The first-order valence-electron chi connectivity index (χ1n) is 6.80. The van der Waals surface area contributed by atoms with Gasteiger partial charge in [-0.3, -0.25) is 4.90 Å². The van der Waals surface area contributed by atoms with E-state index < -0.39 is 17.7 Å². The van der Waals surface area contributed by atoms with Gasteiger partial charge in [0.05, 0.1) is 11.1 Å². The fraction of sp³-hybridized carbons (Fsp3) is 0.333. The molecule has 21 heavy (non-hydrogen) atoms. The van der Waals surface area contributed by atoms with Crippen LogP contribution in [-0.2, 0) is 0 Å². The van der Waals surface area contributed by atoms with Crippen molar-refractivity contribution in [2.45, 2.75) is 6.04 Å². The number of rotatable bonds is 3. The average molecular weight is 329 g/mol. The highest BCUT2D eigenvalue weighted by Crippen LogP contribution is 2.36. The van der Waals surface area contributed by atoms with Crippen LogP contribution < -0.4 is 5.32 Å². The molecule has 1 aromatic carbocycles. The molecule has 0 saturated carbocycles. The second-order valence-electron chi connectivity index (χ2n) is 4.96. The largest absolute Gasteiger partial charge is 0.314 e. The molecule has 1 aliphatic heterocycles. The molecule has 0 bridgehead atoms. The van der Waals surface area contributed by atoms with Gasteiger partial charge >= 0.3 is 0 Å². The molecule has 1 fully saturated rings. The van der Waals surface area contributed by atoms with Crippen molar-refractivity contribution < 1.29 is 8.78 Å². The van der Waals surface area contributed by atoms with E-state index in [0.717, 1.165) is 31.1 Å². The Kier molecular flexibility index (Phi) is 4.54. The maximum absolute atomic E-state index is 14.4. The van der Waals surface area contributed by atoms with E-state index in [0.29, 0.717) is 0 Å². The van der Waals surface area contributed by atoms with E-state index in [1.807, 2.05) is 17.5 Å². The minimum atomic E-state index is -0.659. The van der Waals surface area contributed by atoms with E-state index in [2.05, 4.69) is 10.2 Å². The molecule has 0 radical (unpaired) electrons. The summed E-state index contributed by atoms with van der Waals surface area (Å²) >= 11 is 7.37. The zero-order valence-electron chi connectivity index (χ0n) is 11.3. The van der Waals surface area contributed by atoms with Gasteiger partial charge in [-0.2, -0.15) is 0 Å². The zero-order chi connectivity index (χ0) is 14.8. The second kappa shape index (κ2) is 6.40. The third kappa shape index (κ3) is 2.97. The molecule has 2 aromatic rings. The zero-order valence-corrected chi connectivity index (χ0v) is 12.9. The van der Waals surface area contributed by atoms with E-state index in [9.17, 15) is 8.78 Å². The van der Waals surface area contributed by atoms with E-state index in [-0.39, 0.29) is 10.6 Å². The monoisotopic (exact) mass is 328 g/mol. The summed E-state index contributed by atoms with van der Waals surface area (Å²) in [6.45, 7) is 3.11. The van der Waals surface area contributed by atoms with E-state index in [4.69, 9.17) is 11.6 Å². The van der Waals surface area contributed by atoms with Gasteiger partial charge in [-0.25, -0.2) is 8.78 Å². The first-order chi connectivity index (χ1) is 10.2. The van der Waals surface area contributed by atoms with Gasteiger partial charge in [0.15, 0.2) is 0 Å². The number of nitrogens with one attached hydrogen (secondary N) is 1. The molecule has 1 aromatic heterocycles. The summed E-state index contributed by atoms with van der Waals surface area (Å²) in [5, 5.41) is 5.14. The fourth-order valence-electron chi connectivity index (χ4n) is 2.69. The smallest absolute Gasteiger partial charge is 0.149 e. The molecule has 0 unspecified atom stereocenters. The maximum atomic E-state index is 14.4. The van der Waals surface area contributed by atoms with E-state index in [1.54, 1.807) is 0 Å². The third-order valence-electron chi connectivity index (χ3n) is 3.68. The van der Waals surface area contributed by atoms with Gasteiger partial charge in [0.2, 0.25) is 0 Å². The van der Waals surface area contributed by atoms with Crippen LogP contribution in [-0.4, -0.2) is 31.1 Å². The highest BCUT2D eigenvalue weighted by Gasteiger charge is 2.30. The van der Waals surface area contributed by atoms with Crippen molar-refractivity contribution >= 4 is 22.9 Å². The van der Waals surface area contributed by atoms with Crippen LogP contribution in [0, 0.1) is 11.6 Å². The molecule has 3 rings (SSSR count). The van der Waals surface area contributed by atoms with Gasteiger partial charge < -0.3 is 5.32 Å². The molecule has 1 N–H and O–H groups in total. The lowest BCUT2D eigenvalue weighted by Gasteiger charge is -2.35. The number of nitrogens with zero attached hydrogens (tertiary/aromatic N) is 1. The Bertz CT molecular complexity index is 612. The molecule has 6 heteroatoms. The van der Waals surface area contributed by atoms with Crippen molar-refractivity contribution in [2.24, 2.45) is 0 Å². The number of halogens is 3. The second-order valence-corrected chi connectivity index (χ2v) is 6.35. The van der Waals surface area contributed by atoms with Crippen molar-refractivity contribution in [3.8, 4) is 0 Å². The Hall–Kier alpha value is -1.01. The van der Waals surface area contributed by atoms with Crippen molar-refractivity contribution in [1.29, 1.82) is 0 Å². The summed E-state index contributed by atoms with van der Waals surface area (Å²) in [7, 11) is 0. The Morgan fingerprint density at radius 1 is 1.19 bits per heavy atom. The summed E-state index contributed by atoms with van der Waals surface area (Å²) < 4.78 is 28.7. The minimum Gasteiger partial charge on any atom is -0.314 e. The van der Waals surface area contributed by atoms with Crippen LogP contribution >= 0.6 is 22.9 Å². The summed E-state index contributed by atoms with van der Waals surface area (Å²) in [5.41, 5.74) is 0.0480. The number of benzene rings is 1. The van der Waals surface area contributed by atoms with Crippen molar-refractivity contribution in [2.75, 3.05) is 26.2 Å². The minimum absolute atomic E-state index is 0.0388. The predicted molar refractivity (Wildman–Crippen MR) is 82.0 cm³/mol. The van der Waals surface area contributed by atoms with E-state index >= 15 is 0 Å². The van der Waals surface area contributed by atoms with Gasteiger partial charge in [0.25, 0.3) is 0 Å². The van der Waals surface area contributed by atoms with Crippen LogP contribution in [0.3, 0.4) is 0 Å². The van der Waals surface area contributed by atoms with Gasteiger partial charge in [-0.15, -0.1) is 11.3 Å². The first-order valence-corrected chi connectivity index (χ1v) is 8.06. The molecule has 2 heterocycles. The van der Waals surface area contributed by atoms with Crippen LogP contribution in [0.15, 0.2) is 29.6 Å². The Labute approximate surface area is 131 Å². The molecule has 0 aliphatic carbocycles.